The lowest BCUT2D eigenvalue weighted by atomic mass is 10.1. The molecular formula is C20H14N4O3. The molecule has 0 bridgehead atoms. The van der Waals surface area contributed by atoms with E-state index in [2.05, 4.69) is 20.0 Å². The van der Waals surface area contributed by atoms with Crippen molar-refractivity contribution in [2.45, 2.75) is 6.92 Å². The van der Waals surface area contributed by atoms with E-state index in [1.807, 2.05) is 48.5 Å². The molecule has 0 aliphatic heterocycles. The third kappa shape index (κ3) is 2.93. The van der Waals surface area contributed by atoms with E-state index in [4.69, 9.17) is 15.7 Å². The minimum Gasteiger partial charge on any atom is -0.462 e. The van der Waals surface area contributed by atoms with Crippen molar-refractivity contribution in [1.29, 1.82) is 0 Å². The van der Waals surface area contributed by atoms with Gasteiger partial charge in [-0.2, -0.15) is 5.10 Å². The summed E-state index contributed by atoms with van der Waals surface area (Å²) in [6, 6.07) is 14.8. The maximum absolute atomic E-state index is 11.9. The second-order valence-electron chi connectivity index (χ2n) is 5.69. The summed E-state index contributed by atoms with van der Waals surface area (Å²) in [6.45, 7) is 9.32. The number of H-pyrrole nitrogens is 1. The summed E-state index contributed by atoms with van der Waals surface area (Å²) in [5.74, 6) is -0.0762. The number of hydrogen-bond acceptors (Lipinski definition) is 5. The molecular weight excluding hydrogens is 344 g/mol. The topological polar surface area (TPSA) is 85.4 Å². The maximum atomic E-state index is 11.9. The number of carbonyl (C=O) groups is 1. The molecule has 0 amide bonds. The predicted octanol–water partition coefficient (Wildman–Crippen LogP) is 4.61. The monoisotopic (exact) mass is 358 g/mol. The highest BCUT2D eigenvalue weighted by atomic mass is 16.5. The third-order valence-electron chi connectivity index (χ3n) is 4.03. The molecule has 0 radical (unpaired) electrons. The molecule has 1 N–H and O–H groups in total. The Hall–Kier alpha value is -3.92. The Bertz CT molecular complexity index is 1130. The van der Waals surface area contributed by atoms with Crippen LogP contribution in [-0.4, -0.2) is 27.8 Å². The Labute approximate surface area is 154 Å². The van der Waals surface area contributed by atoms with Crippen molar-refractivity contribution in [2.75, 3.05) is 6.61 Å². The van der Waals surface area contributed by atoms with E-state index < -0.39 is 5.97 Å². The van der Waals surface area contributed by atoms with Crippen LogP contribution in [0.3, 0.4) is 0 Å². The molecule has 0 saturated carbocycles. The van der Waals surface area contributed by atoms with Crippen molar-refractivity contribution in [3.63, 3.8) is 0 Å². The fraction of sp³-hybridized carbons (Fsp3) is 0.100. The summed E-state index contributed by atoms with van der Waals surface area (Å²) in [5, 5.41) is 6.72. The number of nitrogens with one attached hydrogen (secondary N) is 1. The van der Waals surface area contributed by atoms with E-state index in [1.165, 1.54) is 0 Å². The van der Waals surface area contributed by atoms with Crippen molar-refractivity contribution in [3.8, 4) is 22.7 Å². The zero-order valence-corrected chi connectivity index (χ0v) is 14.4. The highest BCUT2D eigenvalue weighted by Gasteiger charge is 2.21. The van der Waals surface area contributed by atoms with Crippen LogP contribution in [0.1, 0.15) is 17.4 Å². The minimum atomic E-state index is -0.592. The summed E-state index contributed by atoms with van der Waals surface area (Å²) >= 11 is 0. The zero-order chi connectivity index (χ0) is 18.8. The number of aromatic amines is 1. The van der Waals surface area contributed by atoms with Crippen LogP contribution in [0.4, 0.5) is 5.69 Å². The van der Waals surface area contributed by atoms with Crippen molar-refractivity contribution in [3.05, 3.63) is 65.6 Å². The molecule has 132 valence electrons. The molecule has 0 unspecified atom stereocenters. The van der Waals surface area contributed by atoms with Gasteiger partial charge in [-0.05, 0) is 36.8 Å². The molecule has 2 aromatic carbocycles. The predicted molar refractivity (Wildman–Crippen MR) is 99.2 cm³/mol. The molecule has 0 aliphatic carbocycles. The average Bonchev–Trinajstić information content (AvgIpc) is 3.32. The molecule has 0 aliphatic rings. The number of rotatable bonds is 4. The molecule has 4 rings (SSSR count). The van der Waals surface area contributed by atoms with Gasteiger partial charge in [-0.1, -0.05) is 24.3 Å². The average molecular weight is 358 g/mol. The molecule has 0 spiro atoms. The number of carbonyl (C=O) groups excluding carboxylic acids is 1. The van der Waals surface area contributed by atoms with E-state index in [9.17, 15) is 4.79 Å². The molecule has 2 heterocycles. The standard InChI is InChI=1S/C20H14N4O3/c1-3-26-20(25)18-17(21-2)16(23-24-18)12-8-10-13(11-9-12)19-22-14-6-4-5-7-15(14)27-19/h4-11H,3H2,1H3,(H,23,24). The highest BCUT2D eigenvalue weighted by Crippen LogP contribution is 2.33. The van der Waals surface area contributed by atoms with Crippen LogP contribution in [0.2, 0.25) is 0 Å². The van der Waals surface area contributed by atoms with Crippen LogP contribution >= 0.6 is 0 Å². The molecule has 7 heteroatoms. The first-order valence-electron chi connectivity index (χ1n) is 8.30. The van der Waals surface area contributed by atoms with Gasteiger partial charge >= 0.3 is 5.97 Å². The first-order chi connectivity index (χ1) is 13.2. The van der Waals surface area contributed by atoms with E-state index >= 15 is 0 Å². The maximum Gasteiger partial charge on any atom is 0.345 e. The number of oxazole rings is 1. The lowest BCUT2D eigenvalue weighted by molar-refractivity contribution is 0.0521. The summed E-state index contributed by atoms with van der Waals surface area (Å²) < 4.78 is 10.7. The van der Waals surface area contributed by atoms with Gasteiger partial charge in [0.1, 0.15) is 5.52 Å². The first kappa shape index (κ1) is 16.5. The lowest BCUT2D eigenvalue weighted by Crippen LogP contribution is -2.05. The SMILES string of the molecule is [C-]#[N+]c1c(-c2ccc(-c3nc4ccccc4o3)cc2)n[nH]c1C(=O)OCC. The molecule has 2 aromatic heterocycles. The molecule has 4 aromatic rings. The largest absolute Gasteiger partial charge is 0.462 e. The molecule has 0 atom stereocenters. The number of esters is 1. The summed E-state index contributed by atoms with van der Waals surface area (Å²) in [6.07, 6.45) is 0. The number of fused-ring (bicyclic) bond motifs is 1. The third-order valence-corrected chi connectivity index (χ3v) is 4.03. The van der Waals surface area contributed by atoms with Crippen molar-refractivity contribution >= 4 is 22.8 Å². The fourth-order valence-electron chi connectivity index (χ4n) is 2.76. The van der Waals surface area contributed by atoms with Gasteiger partial charge in [0.05, 0.1) is 18.9 Å². The number of hydrogen-bond donors (Lipinski definition) is 1. The van der Waals surface area contributed by atoms with E-state index in [-0.39, 0.29) is 18.0 Å². The van der Waals surface area contributed by atoms with Crippen LogP contribution < -0.4 is 0 Å². The molecule has 27 heavy (non-hydrogen) atoms. The van der Waals surface area contributed by atoms with Gasteiger partial charge in [-0.3, -0.25) is 5.10 Å². The van der Waals surface area contributed by atoms with Crippen LogP contribution in [0.25, 0.3) is 38.7 Å². The molecule has 0 saturated heterocycles. The number of benzene rings is 2. The van der Waals surface area contributed by atoms with E-state index in [1.54, 1.807) is 6.92 Å². The van der Waals surface area contributed by atoms with Crippen LogP contribution in [0, 0.1) is 6.57 Å². The van der Waals surface area contributed by atoms with Gasteiger partial charge in [0, 0.05) is 5.56 Å². The van der Waals surface area contributed by atoms with Gasteiger partial charge < -0.3 is 9.15 Å². The van der Waals surface area contributed by atoms with Crippen LogP contribution in [0.15, 0.2) is 52.9 Å². The number of nitrogens with zero attached hydrogens (tertiary/aromatic N) is 3. The Morgan fingerprint density at radius 2 is 1.93 bits per heavy atom. The first-order valence-corrected chi connectivity index (χ1v) is 8.30. The van der Waals surface area contributed by atoms with Crippen molar-refractivity contribution < 1.29 is 13.9 Å². The fourth-order valence-corrected chi connectivity index (χ4v) is 2.76. The Morgan fingerprint density at radius 3 is 2.63 bits per heavy atom. The van der Waals surface area contributed by atoms with E-state index in [0.717, 1.165) is 16.7 Å². The van der Waals surface area contributed by atoms with Crippen molar-refractivity contribution in [1.82, 2.24) is 15.2 Å². The number of para-hydroxylation sites is 2. The highest BCUT2D eigenvalue weighted by molar-refractivity contribution is 5.98. The quantitative estimate of drug-likeness (QED) is 0.425. The Kier molecular flexibility index (Phi) is 4.15. The minimum absolute atomic E-state index is 0.0601. The summed E-state index contributed by atoms with van der Waals surface area (Å²) in [5.41, 5.74) is 3.62. The molecule has 7 nitrogen and oxygen atoms in total. The van der Waals surface area contributed by atoms with E-state index in [0.29, 0.717) is 17.1 Å². The number of aromatic nitrogens is 3. The van der Waals surface area contributed by atoms with Gasteiger partial charge in [0.2, 0.25) is 11.6 Å². The Morgan fingerprint density at radius 1 is 1.19 bits per heavy atom. The normalized spacial score (nSPS) is 10.7. The summed E-state index contributed by atoms with van der Waals surface area (Å²) in [4.78, 5) is 19.8. The Balaban J connectivity index is 1.68. The second-order valence-corrected chi connectivity index (χ2v) is 5.69. The smallest absolute Gasteiger partial charge is 0.345 e. The van der Waals surface area contributed by atoms with Gasteiger partial charge in [0.25, 0.3) is 0 Å². The van der Waals surface area contributed by atoms with Crippen molar-refractivity contribution in [2.24, 2.45) is 0 Å². The van der Waals surface area contributed by atoms with Gasteiger partial charge in [-0.25, -0.2) is 14.6 Å². The van der Waals surface area contributed by atoms with Crippen LogP contribution in [0.5, 0.6) is 0 Å². The number of ether oxygens (including phenoxy) is 1. The van der Waals surface area contributed by atoms with Gasteiger partial charge in [0.15, 0.2) is 11.3 Å². The summed E-state index contributed by atoms with van der Waals surface area (Å²) in [7, 11) is 0. The lowest BCUT2D eigenvalue weighted by Gasteiger charge is -2.01. The second kappa shape index (κ2) is 6.77. The zero-order valence-electron chi connectivity index (χ0n) is 14.4. The van der Waals surface area contributed by atoms with Gasteiger partial charge in [-0.15, -0.1) is 0 Å². The molecule has 0 fully saturated rings. The van der Waals surface area contributed by atoms with Crippen LogP contribution in [-0.2, 0) is 4.74 Å².